The van der Waals surface area contributed by atoms with Crippen LogP contribution in [-0.2, 0) is 24.2 Å². The van der Waals surface area contributed by atoms with Gasteiger partial charge in [-0.1, -0.05) is 90.2 Å². The van der Waals surface area contributed by atoms with Crippen LogP contribution in [0.3, 0.4) is 0 Å². The average Bonchev–Trinajstić information content (AvgIpc) is 3.10. The van der Waals surface area contributed by atoms with Crippen molar-refractivity contribution in [3.8, 4) is 11.5 Å². The monoisotopic (exact) mass is 497 g/mol. The minimum Gasteiger partial charge on any atom is -0.493 e. The highest BCUT2D eigenvalue weighted by Crippen LogP contribution is 2.34. The minimum absolute atomic E-state index is 0.0685. The van der Waals surface area contributed by atoms with Gasteiger partial charge in [0.2, 0.25) is 5.91 Å². The third kappa shape index (κ3) is 5.88. The summed E-state index contributed by atoms with van der Waals surface area (Å²) in [6.45, 7) is 0.945. The van der Waals surface area contributed by atoms with Crippen LogP contribution in [0.2, 0.25) is 5.02 Å². The van der Waals surface area contributed by atoms with Crippen molar-refractivity contribution in [3.63, 3.8) is 0 Å². The number of amides is 1. The van der Waals surface area contributed by atoms with Crippen molar-refractivity contribution < 1.29 is 14.3 Å². The zero-order valence-corrected chi connectivity index (χ0v) is 20.6. The van der Waals surface area contributed by atoms with E-state index >= 15 is 0 Å². The lowest BCUT2D eigenvalue weighted by Gasteiger charge is -2.16. The van der Waals surface area contributed by atoms with Crippen LogP contribution in [0.5, 0.6) is 11.5 Å². The lowest BCUT2D eigenvalue weighted by molar-refractivity contribution is -0.126. The highest BCUT2D eigenvalue weighted by molar-refractivity contribution is 8.24. The summed E-state index contributed by atoms with van der Waals surface area (Å²) < 4.78 is 12.1. The molecule has 1 aliphatic heterocycles. The van der Waals surface area contributed by atoms with Crippen molar-refractivity contribution in [2.45, 2.75) is 24.7 Å². The highest BCUT2D eigenvalue weighted by Gasteiger charge is 2.36. The number of nitrogens with zero attached hydrogens (tertiary/aromatic N) is 1. The molecule has 0 aliphatic carbocycles. The van der Waals surface area contributed by atoms with E-state index in [1.165, 1.54) is 17.3 Å². The Morgan fingerprint density at radius 1 is 1.00 bits per heavy atom. The van der Waals surface area contributed by atoms with Crippen molar-refractivity contribution in [1.82, 2.24) is 4.90 Å². The summed E-state index contributed by atoms with van der Waals surface area (Å²) in [5, 5.41) is 0.436. The molecule has 0 spiro atoms. The lowest BCUT2D eigenvalue weighted by Crippen LogP contribution is -2.33. The molecule has 0 bridgehead atoms. The van der Waals surface area contributed by atoms with E-state index in [2.05, 4.69) is 12.1 Å². The van der Waals surface area contributed by atoms with Crippen LogP contribution >= 0.6 is 35.6 Å². The maximum absolute atomic E-state index is 13.0. The van der Waals surface area contributed by atoms with E-state index in [1.807, 2.05) is 60.7 Å². The van der Waals surface area contributed by atoms with Gasteiger partial charge in [-0.05, 0) is 42.2 Å². The van der Waals surface area contributed by atoms with E-state index in [4.69, 9.17) is 33.3 Å². The first kappa shape index (κ1) is 23.6. The SMILES string of the molecule is COc1cc(C[C@@H]2SC(=S)N(CCc3ccccc3)C2=O)ccc1OCc1ccccc1Cl. The minimum atomic E-state index is -0.229. The van der Waals surface area contributed by atoms with Gasteiger partial charge in [-0.2, -0.15) is 0 Å². The maximum Gasteiger partial charge on any atom is 0.241 e. The Balaban J connectivity index is 1.38. The quantitative estimate of drug-likeness (QED) is 0.342. The molecular weight excluding hydrogens is 474 g/mol. The van der Waals surface area contributed by atoms with Gasteiger partial charge in [0.15, 0.2) is 11.5 Å². The number of benzene rings is 3. The van der Waals surface area contributed by atoms with Crippen molar-refractivity contribution in [2.75, 3.05) is 13.7 Å². The number of thiocarbonyl (C=S) groups is 1. The molecule has 1 saturated heterocycles. The third-order valence-corrected chi connectivity index (χ3v) is 7.41. The molecule has 3 aromatic carbocycles. The first-order valence-electron chi connectivity index (χ1n) is 10.6. The van der Waals surface area contributed by atoms with Crippen LogP contribution in [0, 0.1) is 0 Å². The van der Waals surface area contributed by atoms with E-state index in [0.717, 1.165) is 17.5 Å². The first-order chi connectivity index (χ1) is 16.0. The molecule has 1 aliphatic rings. The fraction of sp³-hybridized carbons (Fsp3) is 0.231. The van der Waals surface area contributed by atoms with Gasteiger partial charge in [-0.25, -0.2) is 0 Å². The van der Waals surface area contributed by atoms with E-state index < -0.39 is 0 Å². The molecular formula is C26H24ClNO3S2. The van der Waals surface area contributed by atoms with Gasteiger partial charge >= 0.3 is 0 Å². The second kappa shape index (κ2) is 11.1. The van der Waals surface area contributed by atoms with E-state index in [-0.39, 0.29) is 11.2 Å². The fourth-order valence-electron chi connectivity index (χ4n) is 3.66. The van der Waals surface area contributed by atoms with Crippen LogP contribution in [-0.4, -0.2) is 34.0 Å². The Bertz CT molecular complexity index is 1140. The first-order valence-corrected chi connectivity index (χ1v) is 12.3. The number of thioether (sulfide) groups is 1. The molecule has 1 fully saturated rings. The Morgan fingerprint density at radius 2 is 1.76 bits per heavy atom. The van der Waals surface area contributed by atoms with E-state index in [1.54, 1.807) is 12.0 Å². The summed E-state index contributed by atoms with van der Waals surface area (Å²) >= 11 is 13.2. The smallest absolute Gasteiger partial charge is 0.241 e. The molecule has 3 aromatic rings. The molecule has 0 aromatic heterocycles. The summed E-state index contributed by atoms with van der Waals surface area (Å²) in [6.07, 6.45) is 1.36. The van der Waals surface area contributed by atoms with Gasteiger partial charge < -0.3 is 9.47 Å². The summed E-state index contributed by atoms with van der Waals surface area (Å²) in [6, 6.07) is 23.5. The summed E-state index contributed by atoms with van der Waals surface area (Å²) in [5.74, 6) is 1.32. The van der Waals surface area contributed by atoms with Crippen LogP contribution in [0.25, 0.3) is 0 Å². The van der Waals surface area contributed by atoms with Crippen LogP contribution in [0.15, 0.2) is 72.8 Å². The number of ether oxygens (including phenoxy) is 2. The molecule has 0 N–H and O–H groups in total. The topological polar surface area (TPSA) is 38.8 Å². The molecule has 0 unspecified atom stereocenters. The molecule has 170 valence electrons. The second-order valence-electron chi connectivity index (χ2n) is 7.67. The standard InChI is InChI=1S/C26H24ClNO3S2/c1-30-23-15-19(11-12-22(23)31-17-20-9-5-6-10-21(20)27)16-24-25(29)28(26(32)33-24)14-13-18-7-3-2-4-8-18/h2-12,15,24H,13-14,16-17H2,1H3/t24-/m0/s1. The predicted octanol–water partition coefficient (Wildman–Crippen LogP) is 5.94. The number of hydrogen-bond donors (Lipinski definition) is 0. The van der Waals surface area contributed by atoms with Gasteiger partial charge in [0, 0.05) is 17.1 Å². The fourth-order valence-corrected chi connectivity index (χ4v) is 5.43. The Hall–Kier alpha value is -2.54. The summed E-state index contributed by atoms with van der Waals surface area (Å²) in [4.78, 5) is 14.7. The number of halogens is 1. The molecule has 1 amide bonds. The highest BCUT2D eigenvalue weighted by atomic mass is 35.5. The Kier molecular flexibility index (Phi) is 7.91. The van der Waals surface area contributed by atoms with Crippen LogP contribution in [0.4, 0.5) is 0 Å². The number of rotatable bonds is 9. The molecule has 1 heterocycles. The number of carbonyl (C=O) groups excluding carboxylic acids is 1. The molecule has 0 saturated carbocycles. The van der Waals surface area contributed by atoms with Crippen molar-refractivity contribution in [2.24, 2.45) is 0 Å². The van der Waals surface area contributed by atoms with Crippen LogP contribution in [0.1, 0.15) is 16.7 Å². The maximum atomic E-state index is 13.0. The van der Waals surface area contributed by atoms with Gasteiger partial charge in [0.25, 0.3) is 0 Å². The summed E-state index contributed by atoms with van der Waals surface area (Å²) in [7, 11) is 1.61. The Morgan fingerprint density at radius 3 is 2.52 bits per heavy atom. The van der Waals surface area contributed by atoms with Crippen molar-refractivity contribution in [3.05, 3.63) is 94.5 Å². The molecule has 4 nitrogen and oxygen atoms in total. The predicted molar refractivity (Wildman–Crippen MR) is 138 cm³/mol. The van der Waals surface area contributed by atoms with Gasteiger partial charge in [0.05, 0.1) is 12.4 Å². The van der Waals surface area contributed by atoms with E-state index in [9.17, 15) is 4.79 Å². The van der Waals surface area contributed by atoms with Gasteiger partial charge in [-0.3, -0.25) is 9.69 Å². The lowest BCUT2D eigenvalue weighted by atomic mass is 10.1. The molecule has 7 heteroatoms. The zero-order valence-electron chi connectivity index (χ0n) is 18.2. The average molecular weight is 498 g/mol. The molecule has 4 rings (SSSR count). The number of methoxy groups -OCH3 is 1. The molecule has 0 radical (unpaired) electrons. The second-order valence-corrected chi connectivity index (χ2v) is 9.91. The summed E-state index contributed by atoms with van der Waals surface area (Å²) in [5.41, 5.74) is 3.09. The largest absolute Gasteiger partial charge is 0.493 e. The van der Waals surface area contributed by atoms with Crippen molar-refractivity contribution in [1.29, 1.82) is 0 Å². The van der Waals surface area contributed by atoms with Gasteiger partial charge in [-0.15, -0.1) is 0 Å². The normalized spacial score (nSPS) is 15.7. The van der Waals surface area contributed by atoms with Crippen LogP contribution < -0.4 is 9.47 Å². The molecule has 1 atom stereocenters. The Labute approximate surface area is 208 Å². The van der Waals surface area contributed by atoms with Crippen molar-refractivity contribution >= 4 is 45.8 Å². The molecule has 33 heavy (non-hydrogen) atoms. The third-order valence-electron chi connectivity index (χ3n) is 5.46. The van der Waals surface area contributed by atoms with Gasteiger partial charge in [0.1, 0.15) is 10.9 Å². The number of hydrogen-bond acceptors (Lipinski definition) is 5. The van der Waals surface area contributed by atoms with E-state index in [0.29, 0.717) is 40.4 Å². The number of carbonyl (C=O) groups is 1. The zero-order chi connectivity index (χ0) is 23.2.